The first kappa shape index (κ1) is 23.1. The summed E-state index contributed by atoms with van der Waals surface area (Å²) in [6, 6.07) is 3.04. The van der Waals surface area contributed by atoms with E-state index in [9.17, 15) is 18.4 Å². The Morgan fingerprint density at radius 1 is 1.27 bits per heavy atom. The third kappa shape index (κ3) is 5.13. The van der Waals surface area contributed by atoms with Gasteiger partial charge in [0.15, 0.2) is 5.01 Å². The second kappa shape index (κ2) is 8.69. The number of nitrogens with one attached hydrogen (secondary N) is 2. The number of alkyl halides is 2. The molecule has 0 unspecified atom stereocenters. The molecular formula is C22H25F2N5O3S. The van der Waals surface area contributed by atoms with Gasteiger partial charge >= 0.3 is 6.09 Å². The Balaban J connectivity index is 1.51. The van der Waals surface area contributed by atoms with Gasteiger partial charge in [0.05, 0.1) is 23.4 Å². The van der Waals surface area contributed by atoms with Crippen LogP contribution < -0.4 is 10.6 Å². The second-order valence-corrected chi connectivity index (χ2v) is 9.84. The molecule has 0 spiro atoms. The van der Waals surface area contributed by atoms with E-state index >= 15 is 0 Å². The van der Waals surface area contributed by atoms with Crippen molar-refractivity contribution in [1.29, 1.82) is 0 Å². The first-order valence-electron chi connectivity index (χ1n) is 10.6. The SMILES string of the molecule is CC(C)(C)OC(=O)N[C@@H]1CCCC(F)(F)[C@@H]1NC(=O)c1nc(-c2cnn3ccccc23)cs1. The van der Waals surface area contributed by atoms with Crippen LogP contribution in [0.2, 0.25) is 0 Å². The van der Waals surface area contributed by atoms with Crippen molar-refractivity contribution < 1.29 is 23.1 Å². The molecule has 4 rings (SSSR count). The van der Waals surface area contributed by atoms with Crippen LogP contribution in [0.4, 0.5) is 13.6 Å². The van der Waals surface area contributed by atoms with Gasteiger partial charge in [0, 0.05) is 23.6 Å². The molecule has 0 radical (unpaired) electrons. The Kier molecular flexibility index (Phi) is 6.08. The minimum atomic E-state index is -3.18. The third-order valence-electron chi connectivity index (χ3n) is 5.27. The minimum Gasteiger partial charge on any atom is -0.444 e. The Bertz CT molecular complexity index is 1170. The van der Waals surface area contributed by atoms with E-state index < -0.39 is 35.6 Å². The first-order valence-corrected chi connectivity index (χ1v) is 11.5. The average Bonchev–Trinajstić information content (AvgIpc) is 3.35. The highest BCUT2D eigenvalue weighted by Gasteiger charge is 2.49. The maximum atomic E-state index is 14.8. The number of amides is 2. The molecule has 1 aliphatic rings. The number of halogens is 2. The fourth-order valence-electron chi connectivity index (χ4n) is 3.83. The lowest BCUT2D eigenvalue weighted by atomic mass is 9.87. The molecule has 2 atom stereocenters. The summed E-state index contributed by atoms with van der Waals surface area (Å²) in [4.78, 5) is 29.4. The highest BCUT2D eigenvalue weighted by atomic mass is 32.1. The summed E-state index contributed by atoms with van der Waals surface area (Å²) in [6.45, 7) is 5.06. The average molecular weight is 478 g/mol. The number of pyridine rings is 1. The van der Waals surface area contributed by atoms with Crippen LogP contribution in [0.15, 0.2) is 36.0 Å². The van der Waals surface area contributed by atoms with E-state index in [1.54, 1.807) is 43.1 Å². The van der Waals surface area contributed by atoms with Crippen molar-refractivity contribution in [2.75, 3.05) is 0 Å². The number of alkyl carbamates (subject to hydrolysis) is 1. The summed E-state index contributed by atoms with van der Waals surface area (Å²) in [5, 5.41) is 10.9. The van der Waals surface area contributed by atoms with Crippen molar-refractivity contribution in [2.24, 2.45) is 0 Å². The number of hydrogen-bond donors (Lipinski definition) is 2. The lowest BCUT2D eigenvalue weighted by Crippen LogP contribution is -2.62. The largest absolute Gasteiger partial charge is 0.444 e. The minimum absolute atomic E-state index is 0.0534. The monoisotopic (exact) mass is 477 g/mol. The number of carbonyl (C=O) groups is 2. The van der Waals surface area contributed by atoms with Gasteiger partial charge in [-0.15, -0.1) is 11.3 Å². The molecule has 33 heavy (non-hydrogen) atoms. The van der Waals surface area contributed by atoms with Crippen LogP contribution in [-0.2, 0) is 4.74 Å². The van der Waals surface area contributed by atoms with Crippen LogP contribution in [0.25, 0.3) is 16.8 Å². The predicted molar refractivity (Wildman–Crippen MR) is 120 cm³/mol. The number of fused-ring (bicyclic) bond motifs is 1. The van der Waals surface area contributed by atoms with Crippen molar-refractivity contribution in [3.05, 3.63) is 41.0 Å². The Morgan fingerprint density at radius 2 is 2.06 bits per heavy atom. The number of thiazole rings is 1. The highest BCUT2D eigenvalue weighted by molar-refractivity contribution is 7.12. The maximum Gasteiger partial charge on any atom is 0.407 e. The molecule has 3 heterocycles. The van der Waals surface area contributed by atoms with Crippen molar-refractivity contribution in [3.63, 3.8) is 0 Å². The van der Waals surface area contributed by atoms with Crippen LogP contribution >= 0.6 is 11.3 Å². The predicted octanol–water partition coefficient (Wildman–Crippen LogP) is 4.27. The molecular weight excluding hydrogens is 452 g/mol. The summed E-state index contributed by atoms with van der Waals surface area (Å²) in [5.74, 6) is -3.90. The number of hydrogen-bond acceptors (Lipinski definition) is 6. The molecule has 176 valence electrons. The molecule has 3 aromatic rings. The first-order chi connectivity index (χ1) is 15.5. The Labute approximate surface area is 193 Å². The molecule has 0 bridgehead atoms. The van der Waals surface area contributed by atoms with Crippen molar-refractivity contribution >= 4 is 28.9 Å². The summed E-state index contributed by atoms with van der Waals surface area (Å²) >= 11 is 1.06. The fraction of sp³-hybridized carbons (Fsp3) is 0.455. The van der Waals surface area contributed by atoms with E-state index in [0.717, 1.165) is 22.4 Å². The van der Waals surface area contributed by atoms with Gasteiger partial charge in [-0.1, -0.05) is 6.07 Å². The van der Waals surface area contributed by atoms with Gasteiger partial charge in [0.1, 0.15) is 11.6 Å². The van der Waals surface area contributed by atoms with E-state index in [2.05, 4.69) is 20.7 Å². The van der Waals surface area contributed by atoms with Crippen LogP contribution in [0.1, 0.15) is 49.8 Å². The Hall–Kier alpha value is -3.08. The fourth-order valence-corrected chi connectivity index (χ4v) is 4.55. The Morgan fingerprint density at radius 3 is 2.82 bits per heavy atom. The molecule has 0 aromatic carbocycles. The van der Waals surface area contributed by atoms with E-state index in [0.29, 0.717) is 12.1 Å². The van der Waals surface area contributed by atoms with E-state index in [-0.39, 0.29) is 17.8 Å². The molecule has 1 fully saturated rings. The topological polar surface area (TPSA) is 97.6 Å². The number of ether oxygens (including phenoxy) is 1. The van der Waals surface area contributed by atoms with Gasteiger partial charge in [-0.3, -0.25) is 4.79 Å². The number of nitrogens with zero attached hydrogens (tertiary/aromatic N) is 3. The van der Waals surface area contributed by atoms with Crippen LogP contribution in [0, 0.1) is 0 Å². The zero-order chi connectivity index (χ0) is 23.8. The summed E-state index contributed by atoms with van der Waals surface area (Å²) < 4.78 is 36.4. The van der Waals surface area contributed by atoms with Gasteiger partial charge in [0.2, 0.25) is 0 Å². The summed E-state index contributed by atoms with van der Waals surface area (Å²) in [7, 11) is 0. The van der Waals surface area contributed by atoms with E-state index in [1.807, 2.05) is 18.2 Å². The maximum absolute atomic E-state index is 14.8. The summed E-state index contributed by atoms with van der Waals surface area (Å²) in [5.41, 5.74) is 1.31. The number of carbonyl (C=O) groups excluding carboxylic acids is 2. The second-order valence-electron chi connectivity index (χ2n) is 8.98. The van der Waals surface area contributed by atoms with Gasteiger partial charge < -0.3 is 15.4 Å². The molecule has 1 saturated carbocycles. The molecule has 8 nitrogen and oxygen atoms in total. The lowest BCUT2D eigenvalue weighted by Gasteiger charge is -2.38. The molecule has 3 aromatic heterocycles. The van der Waals surface area contributed by atoms with Gasteiger partial charge in [-0.2, -0.15) is 5.10 Å². The van der Waals surface area contributed by atoms with E-state index in [1.165, 1.54) is 0 Å². The van der Waals surface area contributed by atoms with Crippen molar-refractivity contribution in [2.45, 2.75) is 63.6 Å². The van der Waals surface area contributed by atoms with Crippen LogP contribution in [0.3, 0.4) is 0 Å². The highest BCUT2D eigenvalue weighted by Crippen LogP contribution is 2.34. The molecule has 11 heteroatoms. The third-order valence-corrected chi connectivity index (χ3v) is 6.11. The summed E-state index contributed by atoms with van der Waals surface area (Å²) in [6.07, 6.45) is 2.77. The molecule has 0 saturated heterocycles. The molecule has 2 amide bonds. The van der Waals surface area contributed by atoms with Gasteiger partial charge in [0.25, 0.3) is 11.8 Å². The van der Waals surface area contributed by atoms with Gasteiger partial charge in [-0.05, 0) is 45.7 Å². The number of aromatic nitrogens is 3. The normalized spacial score (nSPS) is 20.4. The van der Waals surface area contributed by atoms with Crippen LogP contribution in [0.5, 0.6) is 0 Å². The van der Waals surface area contributed by atoms with Crippen molar-refractivity contribution in [1.82, 2.24) is 25.2 Å². The number of rotatable bonds is 4. The zero-order valence-corrected chi connectivity index (χ0v) is 19.3. The van der Waals surface area contributed by atoms with Crippen LogP contribution in [-0.4, -0.2) is 50.2 Å². The van der Waals surface area contributed by atoms with Gasteiger partial charge in [-0.25, -0.2) is 23.1 Å². The molecule has 2 N–H and O–H groups in total. The van der Waals surface area contributed by atoms with E-state index in [4.69, 9.17) is 4.74 Å². The lowest BCUT2D eigenvalue weighted by molar-refractivity contribution is -0.0724. The smallest absolute Gasteiger partial charge is 0.407 e. The molecule has 0 aliphatic heterocycles. The quantitative estimate of drug-likeness (QED) is 0.585. The standard InChI is InChI=1S/C22H25F2N5O3S/c1-21(2,3)32-20(31)27-14-7-6-9-22(23,24)17(14)28-18(30)19-26-15(12-33-19)13-11-25-29-10-5-4-8-16(13)29/h4-5,8,10-12,14,17H,6-7,9H2,1-3H3,(H,27,31)(H,28,30)/t14-,17-/m1/s1. The zero-order valence-electron chi connectivity index (χ0n) is 18.5. The molecule has 1 aliphatic carbocycles. The van der Waals surface area contributed by atoms with Crippen molar-refractivity contribution in [3.8, 4) is 11.3 Å².